The zero-order valence-corrected chi connectivity index (χ0v) is 28.4. The highest BCUT2D eigenvalue weighted by Gasteiger charge is 2.26. The molecule has 1 unspecified atom stereocenters. The third kappa shape index (κ3) is 10.5. The number of nitrogens with zero attached hydrogens (tertiary/aromatic N) is 5. The van der Waals surface area contributed by atoms with Gasteiger partial charge in [-0.1, -0.05) is 46.3 Å². The van der Waals surface area contributed by atoms with Crippen molar-refractivity contribution in [2.75, 3.05) is 26.3 Å². The van der Waals surface area contributed by atoms with Crippen molar-refractivity contribution in [3.05, 3.63) is 70.1 Å². The molecule has 0 saturated heterocycles. The number of benzene rings is 1. The highest BCUT2D eigenvalue weighted by atomic mass is 32.2. The standard InChI is InChI=1S/C33H43N5O8S/c1-8-10-11-25(9-2)21-38-30(39)28(20-34)24(7)29(31(38)40)36-35-26-12-14-27(15-13-26)47(43,44)37(16-18-45-32(41)22(3)4)17-19-46-33(42)23(5)6/h12-15,25,39H,3,5,8-11,16-19,21H2,1-2,4,6-7H3. The van der Waals surface area contributed by atoms with Gasteiger partial charge in [0.1, 0.15) is 24.8 Å². The van der Waals surface area contributed by atoms with Gasteiger partial charge in [0.05, 0.1) is 10.6 Å². The minimum Gasteiger partial charge on any atom is -0.493 e. The molecule has 254 valence electrons. The summed E-state index contributed by atoms with van der Waals surface area (Å²) in [4.78, 5) is 36.9. The maximum absolute atomic E-state index is 13.5. The number of ether oxygens (including phenoxy) is 2. The van der Waals surface area contributed by atoms with Gasteiger partial charge in [-0.05, 0) is 57.4 Å². The number of carbonyl (C=O) groups is 2. The summed E-state index contributed by atoms with van der Waals surface area (Å²) >= 11 is 0. The van der Waals surface area contributed by atoms with Gasteiger partial charge in [-0.25, -0.2) is 18.0 Å². The number of esters is 2. The second-order valence-electron chi connectivity index (χ2n) is 11.0. The summed E-state index contributed by atoms with van der Waals surface area (Å²) in [5.41, 5.74) is -0.0793. The second-order valence-corrected chi connectivity index (χ2v) is 13.0. The minimum atomic E-state index is -4.16. The van der Waals surface area contributed by atoms with E-state index in [1.165, 1.54) is 45.0 Å². The lowest BCUT2D eigenvalue weighted by atomic mass is 9.99. The Kier molecular flexibility index (Phi) is 14.7. The first-order valence-electron chi connectivity index (χ1n) is 15.2. The fourth-order valence-electron chi connectivity index (χ4n) is 4.42. The molecule has 0 spiro atoms. The summed E-state index contributed by atoms with van der Waals surface area (Å²) in [7, 11) is -4.16. The van der Waals surface area contributed by atoms with Gasteiger partial charge >= 0.3 is 11.9 Å². The molecule has 1 heterocycles. The van der Waals surface area contributed by atoms with Gasteiger partial charge in [0.25, 0.3) is 5.56 Å². The van der Waals surface area contributed by atoms with E-state index in [9.17, 15) is 33.2 Å². The monoisotopic (exact) mass is 669 g/mol. The molecule has 2 rings (SSSR count). The maximum atomic E-state index is 13.5. The molecular weight excluding hydrogens is 626 g/mol. The van der Waals surface area contributed by atoms with E-state index in [1.54, 1.807) is 0 Å². The van der Waals surface area contributed by atoms with E-state index < -0.39 is 33.4 Å². The number of rotatable bonds is 18. The molecular formula is C33H43N5O8S. The first-order valence-corrected chi connectivity index (χ1v) is 16.7. The van der Waals surface area contributed by atoms with Crippen LogP contribution in [0.1, 0.15) is 64.5 Å². The van der Waals surface area contributed by atoms with Crippen LogP contribution in [0.4, 0.5) is 11.4 Å². The quantitative estimate of drug-likeness (QED) is 0.120. The summed E-state index contributed by atoms with van der Waals surface area (Å²) in [6.45, 7) is 14.7. The Hall–Kier alpha value is -4.61. The Morgan fingerprint density at radius 3 is 2.06 bits per heavy atom. The van der Waals surface area contributed by atoms with Crippen molar-refractivity contribution in [2.45, 2.75) is 71.7 Å². The molecule has 1 N–H and O–H groups in total. The van der Waals surface area contributed by atoms with Crippen molar-refractivity contribution in [1.82, 2.24) is 8.87 Å². The largest absolute Gasteiger partial charge is 0.493 e. The van der Waals surface area contributed by atoms with Crippen molar-refractivity contribution >= 4 is 33.3 Å². The van der Waals surface area contributed by atoms with E-state index in [4.69, 9.17) is 9.47 Å². The number of aromatic hydroxyl groups is 1. The predicted molar refractivity (Wildman–Crippen MR) is 176 cm³/mol. The number of hydrogen-bond donors (Lipinski definition) is 1. The van der Waals surface area contributed by atoms with Crippen LogP contribution in [-0.2, 0) is 35.6 Å². The number of carbonyl (C=O) groups excluding carboxylic acids is 2. The molecule has 14 heteroatoms. The highest BCUT2D eigenvalue weighted by molar-refractivity contribution is 7.89. The first kappa shape index (κ1) is 38.6. The molecule has 47 heavy (non-hydrogen) atoms. The van der Waals surface area contributed by atoms with E-state index in [2.05, 4.69) is 30.3 Å². The average Bonchev–Trinajstić information content (AvgIpc) is 3.03. The Morgan fingerprint density at radius 2 is 1.60 bits per heavy atom. The molecule has 0 aliphatic rings. The van der Waals surface area contributed by atoms with Gasteiger partial charge in [0.15, 0.2) is 5.69 Å². The third-order valence-electron chi connectivity index (χ3n) is 7.34. The Bertz CT molecular complexity index is 1670. The molecule has 1 aromatic carbocycles. The average molecular weight is 670 g/mol. The van der Waals surface area contributed by atoms with E-state index in [-0.39, 0.29) is 77.3 Å². The Morgan fingerprint density at radius 1 is 1.04 bits per heavy atom. The first-order chi connectivity index (χ1) is 22.2. The normalized spacial score (nSPS) is 12.1. The van der Waals surface area contributed by atoms with Crippen LogP contribution in [0.2, 0.25) is 0 Å². The van der Waals surface area contributed by atoms with Crippen LogP contribution in [-0.4, -0.2) is 60.6 Å². The summed E-state index contributed by atoms with van der Waals surface area (Å²) in [6.07, 6.45) is 3.59. The van der Waals surface area contributed by atoms with E-state index >= 15 is 0 Å². The molecule has 2 aromatic rings. The topological polar surface area (TPSA) is 181 Å². The smallest absolute Gasteiger partial charge is 0.333 e. The van der Waals surface area contributed by atoms with Crippen molar-refractivity contribution in [3.63, 3.8) is 0 Å². The summed E-state index contributed by atoms with van der Waals surface area (Å²) < 4.78 is 39.3. The number of nitriles is 1. The van der Waals surface area contributed by atoms with Crippen LogP contribution in [0, 0.1) is 24.2 Å². The summed E-state index contributed by atoms with van der Waals surface area (Å²) in [5.74, 6) is -1.65. The highest BCUT2D eigenvalue weighted by Crippen LogP contribution is 2.29. The van der Waals surface area contributed by atoms with Crippen molar-refractivity contribution in [1.29, 1.82) is 5.26 Å². The maximum Gasteiger partial charge on any atom is 0.333 e. The molecule has 1 aromatic heterocycles. The number of unbranched alkanes of at least 4 members (excludes halogenated alkanes) is 1. The molecule has 0 aliphatic heterocycles. The second kappa shape index (κ2) is 17.9. The molecule has 0 aliphatic carbocycles. The lowest BCUT2D eigenvalue weighted by Gasteiger charge is -2.22. The molecule has 0 radical (unpaired) electrons. The van der Waals surface area contributed by atoms with Crippen molar-refractivity contribution < 1.29 is 32.6 Å². The number of hydrogen-bond acceptors (Lipinski definition) is 11. The number of azo groups is 1. The van der Waals surface area contributed by atoms with Gasteiger partial charge in [-0.2, -0.15) is 14.7 Å². The molecule has 13 nitrogen and oxygen atoms in total. The van der Waals surface area contributed by atoms with E-state index in [0.29, 0.717) is 0 Å². The third-order valence-corrected chi connectivity index (χ3v) is 9.25. The van der Waals surface area contributed by atoms with Gasteiger partial charge < -0.3 is 14.6 Å². The zero-order chi connectivity index (χ0) is 35.3. The Balaban J connectivity index is 2.38. The SMILES string of the molecule is C=C(C)C(=O)OCCN(CCOC(=O)C(=C)C)S(=O)(=O)c1ccc(N=Nc2c(C)c(C#N)c(O)n(CC(CC)CCCC)c2=O)cc1. The molecule has 0 amide bonds. The predicted octanol–water partition coefficient (Wildman–Crippen LogP) is 5.60. The van der Waals surface area contributed by atoms with Crippen LogP contribution < -0.4 is 5.56 Å². The van der Waals surface area contributed by atoms with Crippen molar-refractivity contribution in [2.24, 2.45) is 16.1 Å². The van der Waals surface area contributed by atoms with Crippen LogP contribution in [0.25, 0.3) is 0 Å². The molecule has 0 bridgehead atoms. The van der Waals surface area contributed by atoms with Gasteiger partial charge in [-0.15, -0.1) is 5.11 Å². The number of sulfonamides is 1. The van der Waals surface area contributed by atoms with E-state index in [1.807, 2.05) is 13.0 Å². The Labute approximate surface area is 275 Å². The lowest BCUT2D eigenvalue weighted by molar-refractivity contribution is -0.139. The minimum absolute atomic E-state index is 0.0757. The molecule has 0 saturated carbocycles. The molecule has 0 fully saturated rings. The van der Waals surface area contributed by atoms with E-state index in [0.717, 1.165) is 34.6 Å². The number of pyridine rings is 1. The fourth-order valence-corrected chi connectivity index (χ4v) is 5.83. The number of aromatic nitrogens is 1. The molecule has 1 atom stereocenters. The van der Waals surface area contributed by atoms with Crippen LogP contribution in [0.5, 0.6) is 5.88 Å². The fraction of sp³-hybridized carbons (Fsp3) is 0.455. The van der Waals surface area contributed by atoms with Crippen LogP contribution >= 0.6 is 0 Å². The van der Waals surface area contributed by atoms with Crippen LogP contribution in [0.15, 0.2) is 68.5 Å². The zero-order valence-electron chi connectivity index (χ0n) is 27.6. The van der Waals surface area contributed by atoms with Gasteiger partial charge in [0.2, 0.25) is 15.9 Å². The van der Waals surface area contributed by atoms with Gasteiger partial charge in [0, 0.05) is 36.3 Å². The summed E-state index contributed by atoms with van der Waals surface area (Å²) in [5, 5.41) is 28.7. The summed E-state index contributed by atoms with van der Waals surface area (Å²) in [6, 6.07) is 7.29. The van der Waals surface area contributed by atoms with Gasteiger partial charge in [-0.3, -0.25) is 9.36 Å². The van der Waals surface area contributed by atoms with Crippen LogP contribution in [0.3, 0.4) is 0 Å². The van der Waals surface area contributed by atoms with Crippen molar-refractivity contribution in [3.8, 4) is 11.9 Å². The lowest BCUT2D eigenvalue weighted by Crippen LogP contribution is -2.37.